The van der Waals surface area contributed by atoms with E-state index in [1.54, 1.807) is 0 Å². The van der Waals surface area contributed by atoms with Crippen LogP contribution in [0.5, 0.6) is 11.8 Å². The highest BCUT2D eigenvalue weighted by Gasteiger charge is 2.12. The Bertz CT molecular complexity index is 576. The molecule has 0 aliphatic rings. The van der Waals surface area contributed by atoms with Crippen LogP contribution < -0.4 is 4.84 Å². The van der Waals surface area contributed by atoms with Crippen molar-refractivity contribution in [3.63, 3.8) is 0 Å². The van der Waals surface area contributed by atoms with Crippen LogP contribution in [0.4, 0.5) is 4.79 Å². The lowest BCUT2D eigenvalue weighted by Gasteiger charge is -2.08. The van der Waals surface area contributed by atoms with E-state index in [-0.39, 0.29) is 6.61 Å². The number of benzene rings is 1. The molecule has 118 valence electrons. The minimum atomic E-state index is -1.02. The first kappa shape index (κ1) is 15.7. The molecular weight excluding hydrogens is 290 g/mol. The third-order valence-corrected chi connectivity index (χ3v) is 2.73. The number of ether oxygens (including phenoxy) is 2. The summed E-state index contributed by atoms with van der Waals surface area (Å²) in [6.07, 6.45) is -0.518. The van der Waals surface area contributed by atoms with Gasteiger partial charge < -0.3 is 19.7 Å². The molecule has 0 radical (unpaired) electrons. The second-order valence-corrected chi connectivity index (χ2v) is 4.43. The third-order valence-electron chi connectivity index (χ3n) is 2.73. The molecule has 0 aliphatic carbocycles. The van der Waals surface area contributed by atoms with E-state index in [1.165, 1.54) is 12.1 Å². The van der Waals surface area contributed by atoms with Crippen molar-refractivity contribution in [1.29, 1.82) is 0 Å². The van der Waals surface area contributed by atoms with Gasteiger partial charge in [-0.25, -0.2) is 4.79 Å². The summed E-state index contributed by atoms with van der Waals surface area (Å²) >= 11 is 0. The van der Waals surface area contributed by atoms with Crippen LogP contribution in [-0.2, 0) is 16.1 Å². The van der Waals surface area contributed by atoms with Crippen molar-refractivity contribution in [2.45, 2.75) is 13.0 Å². The van der Waals surface area contributed by atoms with Gasteiger partial charge in [0.2, 0.25) is 11.8 Å². The molecule has 7 nitrogen and oxygen atoms in total. The largest absolute Gasteiger partial charge is 0.533 e. The number of nitrogens with zero attached hydrogens (tertiary/aromatic N) is 1. The molecule has 0 unspecified atom stereocenters. The fraction of sp³-hybridized carbons (Fsp3) is 0.267. The van der Waals surface area contributed by atoms with Crippen molar-refractivity contribution >= 4 is 6.16 Å². The molecule has 0 spiro atoms. The van der Waals surface area contributed by atoms with Crippen LogP contribution >= 0.6 is 0 Å². The SMILES string of the molecule is O=C(OCCCOCc1ccccc1)On1c(O)ccc1O. The Kier molecular flexibility index (Phi) is 5.67. The zero-order valence-electron chi connectivity index (χ0n) is 11.8. The summed E-state index contributed by atoms with van der Waals surface area (Å²) in [5.74, 6) is -0.804. The standard InChI is InChI=1S/C15H17NO6/c17-13-7-8-14(18)16(13)22-15(19)21-10-4-9-20-11-12-5-2-1-3-6-12/h1-3,5-8,17-18H,4,9-11H2. The highest BCUT2D eigenvalue weighted by Crippen LogP contribution is 2.18. The summed E-state index contributed by atoms with van der Waals surface area (Å²) in [5.41, 5.74) is 1.07. The van der Waals surface area contributed by atoms with Crippen LogP contribution in [0.15, 0.2) is 42.5 Å². The molecule has 7 heteroatoms. The van der Waals surface area contributed by atoms with Crippen LogP contribution in [0.1, 0.15) is 12.0 Å². The fourth-order valence-electron chi connectivity index (χ4n) is 1.68. The number of carbonyl (C=O) groups excluding carboxylic acids is 1. The van der Waals surface area contributed by atoms with Crippen LogP contribution in [0.25, 0.3) is 0 Å². The van der Waals surface area contributed by atoms with E-state index in [1.807, 2.05) is 30.3 Å². The highest BCUT2D eigenvalue weighted by atomic mass is 16.8. The Morgan fingerprint density at radius 1 is 1.00 bits per heavy atom. The topological polar surface area (TPSA) is 90.2 Å². The van der Waals surface area contributed by atoms with Crippen molar-refractivity contribution < 1.29 is 29.3 Å². The Hall–Kier alpha value is -2.67. The predicted octanol–water partition coefficient (Wildman–Crippen LogP) is 2.07. The molecular formula is C15H17NO6. The Morgan fingerprint density at radius 3 is 2.36 bits per heavy atom. The summed E-state index contributed by atoms with van der Waals surface area (Å²) < 4.78 is 10.8. The first-order valence-electron chi connectivity index (χ1n) is 6.73. The fourth-order valence-corrected chi connectivity index (χ4v) is 1.68. The molecule has 2 N–H and O–H groups in total. The lowest BCUT2D eigenvalue weighted by Crippen LogP contribution is -2.20. The van der Waals surface area contributed by atoms with E-state index >= 15 is 0 Å². The molecule has 0 bridgehead atoms. The first-order chi connectivity index (χ1) is 10.7. The van der Waals surface area contributed by atoms with E-state index < -0.39 is 17.9 Å². The predicted molar refractivity (Wildman–Crippen MR) is 76.4 cm³/mol. The smallest absolute Gasteiger partial charge is 0.492 e. The molecule has 0 saturated heterocycles. The van der Waals surface area contributed by atoms with Crippen molar-refractivity contribution in [3.05, 3.63) is 48.0 Å². The number of carbonyl (C=O) groups is 1. The maximum Gasteiger partial charge on any atom is 0.533 e. The van der Waals surface area contributed by atoms with E-state index in [4.69, 9.17) is 9.47 Å². The summed E-state index contributed by atoms with van der Waals surface area (Å²) in [6.45, 7) is 1.04. The van der Waals surface area contributed by atoms with Gasteiger partial charge in [0, 0.05) is 18.6 Å². The molecule has 2 aromatic rings. The van der Waals surface area contributed by atoms with Gasteiger partial charge in [0.15, 0.2) is 0 Å². The molecule has 1 heterocycles. The van der Waals surface area contributed by atoms with Gasteiger partial charge in [-0.1, -0.05) is 30.3 Å². The molecule has 0 fully saturated rings. The van der Waals surface area contributed by atoms with E-state index in [0.717, 1.165) is 5.56 Å². The Labute approximate surface area is 127 Å². The average molecular weight is 307 g/mol. The Morgan fingerprint density at radius 2 is 1.68 bits per heavy atom. The molecule has 2 rings (SSSR count). The first-order valence-corrected chi connectivity index (χ1v) is 6.73. The second kappa shape index (κ2) is 7.94. The maximum absolute atomic E-state index is 11.3. The van der Waals surface area contributed by atoms with Gasteiger partial charge in [0.05, 0.1) is 19.8 Å². The van der Waals surface area contributed by atoms with Crippen molar-refractivity contribution in [2.24, 2.45) is 0 Å². The molecule has 0 aliphatic heterocycles. The number of rotatable bonds is 7. The normalized spacial score (nSPS) is 10.4. The number of hydrogen-bond acceptors (Lipinski definition) is 6. The van der Waals surface area contributed by atoms with Gasteiger partial charge in [0.1, 0.15) is 0 Å². The van der Waals surface area contributed by atoms with Crippen LogP contribution in [0, 0.1) is 0 Å². The number of aromatic nitrogens is 1. The second-order valence-electron chi connectivity index (χ2n) is 4.43. The van der Waals surface area contributed by atoms with E-state index in [0.29, 0.717) is 24.4 Å². The zero-order valence-corrected chi connectivity index (χ0v) is 11.8. The van der Waals surface area contributed by atoms with Gasteiger partial charge in [0.25, 0.3) is 0 Å². The molecule has 0 atom stereocenters. The monoisotopic (exact) mass is 307 g/mol. The van der Waals surface area contributed by atoms with Crippen molar-refractivity contribution in [3.8, 4) is 11.8 Å². The van der Waals surface area contributed by atoms with Gasteiger partial charge in [-0.3, -0.25) is 4.84 Å². The lowest BCUT2D eigenvalue weighted by molar-refractivity contribution is 0.0278. The molecule has 1 aromatic heterocycles. The molecule has 0 saturated carbocycles. The molecule has 22 heavy (non-hydrogen) atoms. The Balaban J connectivity index is 1.58. The summed E-state index contributed by atoms with van der Waals surface area (Å²) in [6, 6.07) is 12.1. The quantitative estimate of drug-likeness (QED) is 0.601. The van der Waals surface area contributed by atoms with E-state index in [9.17, 15) is 15.0 Å². The van der Waals surface area contributed by atoms with Gasteiger partial charge >= 0.3 is 6.16 Å². The molecule has 1 aromatic carbocycles. The van der Waals surface area contributed by atoms with Gasteiger partial charge in [-0.2, -0.15) is 0 Å². The maximum atomic E-state index is 11.3. The van der Waals surface area contributed by atoms with Crippen LogP contribution in [-0.4, -0.2) is 34.3 Å². The summed E-state index contributed by atoms with van der Waals surface area (Å²) in [4.78, 5) is 15.9. The van der Waals surface area contributed by atoms with E-state index in [2.05, 4.69) is 4.84 Å². The lowest BCUT2D eigenvalue weighted by atomic mass is 10.2. The summed E-state index contributed by atoms with van der Waals surface area (Å²) in [7, 11) is 0. The average Bonchev–Trinajstić information content (AvgIpc) is 2.83. The number of hydrogen-bond donors (Lipinski definition) is 2. The third kappa shape index (κ3) is 4.71. The van der Waals surface area contributed by atoms with Crippen molar-refractivity contribution in [2.75, 3.05) is 13.2 Å². The van der Waals surface area contributed by atoms with Gasteiger partial charge in [-0.15, -0.1) is 4.73 Å². The van der Waals surface area contributed by atoms with Crippen LogP contribution in [0.2, 0.25) is 0 Å². The zero-order chi connectivity index (χ0) is 15.8. The minimum absolute atomic E-state index is 0.108. The number of aromatic hydroxyl groups is 2. The van der Waals surface area contributed by atoms with Crippen LogP contribution in [0.3, 0.4) is 0 Å². The summed E-state index contributed by atoms with van der Waals surface area (Å²) in [5, 5.41) is 18.6. The van der Waals surface area contributed by atoms with Gasteiger partial charge in [-0.05, 0) is 5.56 Å². The van der Waals surface area contributed by atoms with Crippen molar-refractivity contribution in [1.82, 2.24) is 4.73 Å². The minimum Gasteiger partial charge on any atom is -0.492 e. The highest BCUT2D eigenvalue weighted by molar-refractivity contribution is 5.60. The molecule has 0 amide bonds.